The number of aromatic nitrogens is 2. The fourth-order valence-corrected chi connectivity index (χ4v) is 4.68. The Morgan fingerprint density at radius 1 is 0.939 bits per heavy atom. The number of amides is 1. The molecular weight excluding hydrogens is 453 g/mol. The minimum absolute atomic E-state index is 0.270. The molecular formula is C26H22FN3OS2. The first-order valence-corrected chi connectivity index (χ1v) is 12.3. The molecule has 0 aliphatic rings. The SMILES string of the molecule is CCc1ccc(NC(=O)c2nc(SCc3ccc(F)cc3)ncc2Sc2ccccc2)cc1. The van der Waals surface area contributed by atoms with Crippen LogP contribution in [0.15, 0.2) is 100 Å². The van der Waals surface area contributed by atoms with E-state index in [2.05, 4.69) is 22.2 Å². The molecule has 4 rings (SSSR count). The van der Waals surface area contributed by atoms with E-state index in [1.54, 1.807) is 18.3 Å². The maximum atomic E-state index is 13.2. The van der Waals surface area contributed by atoms with Crippen LogP contribution < -0.4 is 5.32 Å². The van der Waals surface area contributed by atoms with Crippen molar-refractivity contribution in [1.82, 2.24) is 9.97 Å². The van der Waals surface area contributed by atoms with Gasteiger partial charge in [-0.05, 0) is 53.9 Å². The fourth-order valence-electron chi connectivity index (χ4n) is 3.02. The minimum atomic E-state index is -0.288. The number of carbonyl (C=O) groups excluding carboxylic acids is 1. The number of halogens is 1. The second-order valence-electron chi connectivity index (χ2n) is 7.20. The van der Waals surface area contributed by atoms with Gasteiger partial charge in [-0.25, -0.2) is 14.4 Å². The van der Waals surface area contributed by atoms with Gasteiger partial charge in [0.25, 0.3) is 5.91 Å². The van der Waals surface area contributed by atoms with Crippen molar-refractivity contribution in [3.05, 3.63) is 108 Å². The standard InChI is InChI=1S/C26H22FN3OS2/c1-2-18-10-14-21(15-11-18)29-25(31)24-23(33-22-6-4-3-5-7-22)16-28-26(30-24)32-17-19-8-12-20(27)13-9-19/h3-16H,2,17H2,1H3,(H,29,31). The molecule has 0 saturated heterocycles. The molecule has 0 aliphatic heterocycles. The number of carbonyl (C=O) groups is 1. The predicted octanol–water partition coefficient (Wildman–Crippen LogP) is 6.87. The summed E-state index contributed by atoms with van der Waals surface area (Å²) in [5, 5.41) is 3.44. The van der Waals surface area contributed by atoms with Crippen molar-refractivity contribution < 1.29 is 9.18 Å². The Kier molecular flexibility index (Phi) is 7.75. The van der Waals surface area contributed by atoms with Gasteiger partial charge in [-0.3, -0.25) is 4.79 Å². The first-order chi connectivity index (χ1) is 16.1. The van der Waals surface area contributed by atoms with Gasteiger partial charge in [0.05, 0.1) is 4.90 Å². The van der Waals surface area contributed by atoms with Gasteiger partial charge in [0.2, 0.25) is 0 Å². The highest BCUT2D eigenvalue weighted by molar-refractivity contribution is 7.99. The van der Waals surface area contributed by atoms with E-state index in [4.69, 9.17) is 0 Å². The van der Waals surface area contributed by atoms with Crippen molar-refractivity contribution >= 4 is 35.1 Å². The van der Waals surface area contributed by atoms with Crippen LogP contribution >= 0.6 is 23.5 Å². The Bertz CT molecular complexity index is 1220. The number of aryl methyl sites for hydroxylation is 1. The zero-order valence-corrected chi connectivity index (χ0v) is 19.6. The van der Waals surface area contributed by atoms with E-state index in [0.717, 1.165) is 16.9 Å². The monoisotopic (exact) mass is 475 g/mol. The van der Waals surface area contributed by atoms with Crippen LogP contribution in [-0.2, 0) is 12.2 Å². The van der Waals surface area contributed by atoms with Gasteiger partial charge in [-0.1, -0.05) is 72.9 Å². The summed E-state index contributed by atoms with van der Waals surface area (Å²) < 4.78 is 13.2. The lowest BCUT2D eigenvalue weighted by Gasteiger charge is -2.11. The van der Waals surface area contributed by atoms with Crippen LogP contribution in [0.2, 0.25) is 0 Å². The lowest BCUT2D eigenvalue weighted by Crippen LogP contribution is -2.16. The van der Waals surface area contributed by atoms with E-state index in [0.29, 0.717) is 27.2 Å². The molecule has 3 aromatic carbocycles. The summed E-state index contributed by atoms with van der Waals surface area (Å²) in [5.41, 5.74) is 3.19. The smallest absolute Gasteiger partial charge is 0.275 e. The van der Waals surface area contributed by atoms with Gasteiger partial charge >= 0.3 is 0 Å². The zero-order valence-electron chi connectivity index (χ0n) is 18.0. The molecule has 1 amide bonds. The van der Waals surface area contributed by atoms with Crippen LogP contribution in [-0.4, -0.2) is 15.9 Å². The number of nitrogens with zero attached hydrogens (tertiary/aromatic N) is 2. The largest absolute Gasteiger partial charge is 0.321 e. The fraction of sp³-hybridized carbons (Fsp3) is 0.115. The molecule has 0 fully saturated rings. The molecule has 166 valence electrons. The maximum absolute atomic E-state index is 13.2. The molecule has 4 nitrogen and oxygen atoms in total. The molecule has 0 bridgehead atoms. The quantitative estimate of drug-likeness (QED) is 0.222. The van der Waals surface area contributed by atoms with Crippen LogP contribution in [0, 0.1) is 5.82 Å². The van der Waals surface area contributed by atoms with Crippen LogP contribution in [0.25, 0.3) is 0 Å². The van der Waals surface area contributed by atoms with E-state index < -0.39 is 0 Å². The number of rotatable bonds is 8. The average Bonchev–Trinajstić information content (AvgIpc) is 2.85. The van der Waals surface area contributed by atoms with Gasteiger partial charge < -0.3 is 5.32 Å². The maximum Gasteiger partial charge on any atom is 0.275 e. The third-order valence-corrected chi connectivity index (χ3v) is 6.78. The van der Waals surface area contributed by atoms with Crippen molar-refractivity contribution in [3.8, 4) is 0 Å². The first kappa shape index (κ1) is 23.0. The molecule has 0 spiro atoms. The average molecular weight is 476 g/mol. The van der Waals surface area contributed by atoms with Crippen molar-refractivity contribution in [2.24, 2.45) is 0 Å². The van der Waals surface area contributed by atoms with Crippen molar-refractivity contribution in [1.29, 1.82) is 0 Å². The highest BCUT2D eigenvalue weighted by Gasteiger charge is 2.17. The van der Waals surface area contributed by atoms with Crippen LogP contribution in [0.3, 0.4) is 0 Å². The van der Waals surface area contributed by atoms with Crippen LogP contribution in [0.1, 0.15) is 28.5 Å². The summed E-state index contributed by atoms with van der Waals surface area (Å²) >= 11 is 2.85. The Morgan fingerprint density at radius 3 is 2.33 bits per heavy atom. The molecule has 33 heavy (non-hydrogen) atoms. The zero-order chi connectivity index (χ0) is 23.0. The third-order valence-electron chi connectivity index (χ3n) is 4.82. The van der Waals surface area contributed by atoms with Gasteiger partial charge in [-0.15, -0.1) is 0 Å². The Morgan fingerprint density at radius 2 is 1.64 bits per heavy atom. The second-order valence-corrected chi connectivity index (χ2v) is 9.26. The van der Waals surface area contributed by atoms with Crippen molar-refractivity contribution in [2.75, 3.05) is 5.32 Å². The highest BCUT2D eigenvalue weighted by atomic mass is 32.2. The van der Waals surface area contributed by atoms with Gasteiger partial charge in [0.15, 0.2) is 5.16 Å². The molecule has 1 heterocycles. The van der Waals surface area contributed by atoms with Crippen molar-refractivity contribution in [2.45, 2.75) is 34.0 Å². The lowest BCUT2D eigenvalue weighted by atomic mass is 10.1. The van der Waals surface area contributed by atoms with E-state index in [-0.39, 0.29) is 11.7 Å². The molecule has 1 aromatic heterocycles. The van der Waals surface area contributed by atoms with Crippen molar-refractivity contribution in [3.63, 3.8) is 0 Å². The summed E-state index contributed by atoms with van der Waals surface area (Å²) in [7, 11) is 0. The molecule has 0 radical (unpaired) electrons. The minimum Gasteiger partial charge on any atom is -0.321 e. The second kappa shape index (κ2) is 11.1. The third kappa shape index (κ3) is 6.43. The number of benzene rings is 3. The molecule has 7 heteroatoms. The van der Waals surface area contributed by atoms with E-state index in [9.17, 15) is 9.18 Å². The van der Waals surface area contributed by atoms with E-state index in [1.165, 1.54) is 41.2 Å². The summed E-state index contributed by atoms with van der Waals surface area (Å²) in [6, 6.07) is 23.9. The van der Waals surface area contributed by atoms with E-state index >= 15 is 0 Å². The highest BCUT2D eigenvalue weighted by Crippen LogP contribution is 2.31. The number of hydrogen-bond donors (Lipinski definition) is 1. The summed E-state index contributed by atoms with van der Waals surface area (Å²) in [6.45, 7) is 2.09. The Labute approximate surface area is 201 Å². The predicted molar refractivity (Wildman–Crippen MR) is 132 cm³/mol. The summed E-state index contributed by atoms with van der Waals surface area (Å²) in [5.74, 6) is 0.0160. The molecule has 0 aliphatic carbocycles. The van der Waals surface area contributed by atoms with Gasteiger partial charge in [0.1, 0.15) is 11.5 Å². The summed E-state index contributed by atoms with van der Waals surface area (Å²) in [6.07, 6.45) is 2.62. The molecule has 1 N–H and O–H groups in total. The molecule has 0 atom stereocenters. The summed E-state index contributed by atoms with van der Waals surface area (Å²) in [4.78, 5) is 23.9. The lowest BCUT2D eigenvalue weighted by molar-refractivity contribution is 0.101. The van der Waals surface area contributed by atoms with Crippen LogP contribution in [0.5, 0.6) is 0 Å². The molecule has 0 unspecified atom stereocenters. The number of anilines is 1. The number of thioether (sulfide) groups is 1. The molecule has 4 aromatic rings. The number of hydrogen-bond acceptors (Lipinski definition) is 5. The Hall–Kier alpha value is -3.16. The van der Waals surface area contributed by atoms with Crippen LogP contribution in [0.4, 0.5) is 10.1 Å². The van der Waals surface area contributed by atoms with Gasteiger partial charge in [-0.2, -0.15) is 0 Å². The number of nitrogens with one attached hydrogen (secondary N) is 1. The molecule has 0 saturated carbocycles. The van der Waals surface area contributed by atoms with E-state index in [1.807, 2.05) is 54.6 Å². The van der Waals surface area contributed by atoms with Gasteiger partial charge in [0, 0.05) is 22.5 Å². The topological polar surface area (TPSA) is 54.9 Å². The normalized spacial score (nSPS) is 10.7. The first-order valence-electron chi connectivity index (χ1n) is 10.5. The Balaban J connectivity index is 1.57.